The average Bonchev–Trinajstić information content (AvgIpc) is 3.17. The maximum atomic E-state index is 12.6. The number of hydrogen-bond acceptors (Lipinski definition) is 3. The quantitative estimate of drug-likeness (QED) is 0.338. The summed E-state index contributed by atoms with van der Waals surface area (Å²) in [5.41, 5.74) is 3.51. The molecule has 2 aromatic carbocycles. The molecule has 176 valence electrons. The third-order valence-corrected chi connectivity index (χ3v) is 5.40. The van der Waals surface area contributed by atoms with Gasteiger partial charge in [0.2, 0.25) is 0 Å². The van der Waals surface area contributed by atoms with E-state index < -0.39 is 12.0 Å². The molecule has 0 aliphatic rings. The molecule has 9 heteroatoms. The van der Waals surface area contributed by atoms with E-state index in [2.05, 4.69) is 36.6 Å². The lowest BCUT2D eigenvalue weighted by atomic mass is 10.1. The standard InChI is InChI=1S/C22H24Cl2N4O.C2H4O2/c1-3-5-7-16-14-20(28(27-16)17-12-10-15(4-2)11-13-17)26-22(29)25-19-9-6-8-18(23)21(19)24;1-2(3)4/h6,8-14H,3-5,7H2,1-2H3,(H2,25,26,29);1H3,(H,3,4). The second-order valence-electron chi connectivity index (χ2n) is 7.26. The molecular formula is C24H28Cl2N4O3. The summed E-state index contributed by atoms with van der Waals surface area (Å²) >= 11 is 12.2. The number of carbonyl (C=O) groups is 2. The lowest BCUT2D eigenvalue weighted by molar-refractivity contribution is -0.134. The Morgan fingerprint density at radius 3 is 2.33 bits per heavy atom. The molecule has 0 aliphatic carbocycles. The molecule has 0 aliphatic heterocycles. The minimum Gasteiger partial charge on any atom is -0.481 e. The molecular weight excluding hydrogens is 463 g/mol. The minimum absolute atomic E-state index is 0.302. The van der Waals surface area contributed by atoms with Crippen LogP contribution in [0.3, 0.4) is 0 Å². The number of amides is 2. The summed E-state index contributed by atoms with van der Waals surface area (Å²) in [4.78, 5) is 21.6. The van der Waals surface area contributed by atoms with E-state index in [4.69, 9.17) is 38.2 Å². The maximum Gasteiger partial charge on any atom is 0.324 e. The first-order valence-corrected chi connectivity index (χ1v) is 11.4. The number of urea groups is 1. The Morgan fingerprint density at radius 1 is 1.06 bits per heavy atom. The van der Waals surface area contributed by atoms with E-state index in [1.54, 1.807) is 22.9 Å². The molecule has 0 bridgehead atoms. The molecule has 3 N–H and O–H groups in total. The fourth-order valence-electron chi connectivity index (χ4n) is 2.94. The number of benzene rings is 2. The number of anilines is 2. The fraction of sp³-hybridized carbons (Fsp3) is 0.292. The predicted molar refractivity (Wildman–Crippen MR) is 134 cm³/mol. The van der Waals surface area contributed by atoms with Gasteiger partial charge < -0.3 is 10.4 Å². The highest BCUT2D eigenvalue weighted by atomic mass is 35.5. The number of aryl methyl sites for hydroxylation is 2. The Balaban J connectivity index is 0.000000890. The summed E-state index contributed by atoms with van der Waals surface area (Å²) < 4.78 is 1.75. The van der Waals surface area contributed by atoms with Crippen molar-refractivity contribution in [2.45, 2.75) is 46.5 Å². The summed E-state index contributed by atoms with van der Waals surface area (Å²) in [6.45, 7) is 5.34. The number of carboxylic acid groups (broad SMARTS) is 1. The van der Waals surface area contributed by atoms with Gasteiger partial charge in [0.25, 0.3) is 5.97 Å². The third-order valence-electron chi connectivity index (χ3n) is 4.58. The van der Waals surface area contributed by atoms with Crippen LogP contribution in [0.25, 0.3) is 5.69 Å². The van der Waals surface area contributed by atoms with Gasteiger partial charge in [-0.25, -0.2) is 9.48 Å². The van der Waals surface area contributed by atoms with Crippen molar-refractivity contribution in [3.63, 3.8) is 0 Å². The highest BCUT2D eigenvalue weighted by molar-refractivity contribution is 6.44. The van der Waals surface area contributed by atoms with Crippen LogP contribution in [-0.2, 0) is 17.6 Å². The van der Waals surface area contributed by atoms with Crippen LogP contribution < -0.4 is 10.6 Å². The van der Waals surface area contributed by atoms with E-state index in [0.717, 1.165) is 44.0 Å². The van der Waals surface area contributed by atoms with E-state index in [1.807, 2.05) is 18.2 Å². The number of nitrogens with one attached hydrogen (secondary N) is 2. The Hall–Kier alpha value is -3.03. The molecule has 3 rings (SSSR count). The second kappa shape index (κ2) is 12.9. The van der Waals surface area contributed by atoms with Crippen LogP contribution in [0.15, 0.2) is 48.5 Å². The lowest BCUT2D eigenvalue weighted by Gasteiger charge is -2.11. The number of hydrogen-bond donors (Lipinski definition) is 3. The SMILES string of the molecule is CC(=O)O.CCCCc1cc(NC(=O)Nc2cccc(Cl)c2Cl)n(-c2ccc(CC)cc2)n1. The first kappa shape index (κ1) is 26.2. The zero-order chi connectivity index (χ0) is 24.4. The Bertz CT molecular complexity index is 1080. The van der Waals surface area contributed by atoms with Gasteiger partial charge >= 0.3 is 6.03 Å². The van der Waals surface area contributed by atoms with Crippen molar-refractivity contribution in [2.24, 2.45) is 0 Å². The largest absolute Gasteiger partial charge is 0.481 e. The molecule has 33 heavy (non-hydrogen) atoms. The van der Waals surface area contributed by atoms with Crippen LogP contribution in [-0.4, -0.2) is 26.9 Å². The van der Waals surface area contributed by atoms with Crippen LogP contribution in [0.1, 0.15) is 44.9 Å². The molecule has 0 fully saturated rings. The average molecular weight is 491 g/mol. The first-order valence-electron chi connectivity index (χ1n) is 10.6. The first-order chi connectivity index (χ1) is 15.7. The number of rotatable bonds is 7. The summed E-state index contributed by atoms with van der Waals surface area (Å²) in [5, 5.41) is 18.4. The van der Waals surface area contributed by atoms with Crippen molar-refractivity contribution in [1.82, 2.24) is 9.78 Å². The van der Waals surface area contributed by atoms with Crippen molar-refractivity contribution in [2.75, 3.05) is 10.6 Å². The summed E-state index contributed by atoms with van der Waals surface area (Å²) in [6, 6.07) is 14.7. The van der Waals surface area contributed by atoms with Crippen LogP contribution in [0, 0.1) is 0 Å². The zero-order valence-electron chi connectivity index (χ0n) is 18.9. The normalized spacial score (nSPS) is 10.2. The zero-order valence-corrected chi connectivity index (χ0v) is 20.4. The molecule has 0 unspecified atom stereocenters. The number of aliphatic carboxylic acids is 1. The van der Waals surface area contributed by atoms with Crippen LogP contribution in [0.5, 0.6) is 0 Å². The van der Waals surface area contributed by atoms with Gasteiger partial charge in [0.1, 0.15) is 5.82 Å². The van der Waals surface area contributed by atoms with Gasteiger partial charge in [0.05, 0.1) is 27.1 Å². The van der Waals surface area contributed by atoms with E-state index in [-0.39, 0.29) is 0 Å². The molecule has 3 aromatic rings. The van der Waals surface area contributed by atoms with E-state index in [9.17, 15) is 4.79 Å². The minimum atomic E-state index is -0.833. The molecule has 0 saturated heterocycles. The maximum absolute atomic E-state index is 12.6. The molecule has 7 nitrogen and oxygen atoms in total. The van der Waals surface area contributed by atoms with Gasteiger partial charge in [-0.05, 0) is 49.1 Å². The van der Waals surface area contributed by atoms with Crippen molar-refractivity contribution in [3.8, 4) is 5.69 Å². The smallest absolute Gasteiger partial charge is 0.324 e. The van der Waals surface area contributed by atoms with Gasteiger partial charge in [0, 0.05) is 13.0 Å². The molecule has 0 atom stereocenters. The molecule has 1 heterocycles. The van der Waals surface area contributed by atoms with E-state index in [1.165, 1.54) is 5.56 Å². The Morgan fingerprint density at radius 2 is 1.73 bits per heavy atom. The summed E-state index contributed by atoms with van der Waals surface area (Å²) in [6.07, 6.45) is 3.94. The monoisotopic (exact) mass is 490 g/mol. The number of unbranched alkanes of at least 4 members (excludes halogenated alkanes) is 1. The molecule has 0 radical (unpaired) electrons. The molecule has 0 spiro atoms. The highest BCUT2D eigenvalue weighted by Crippen LogP contribution is 2.29. The number of carbonyl (C=O) groups excluding carboxylic acids is 1. The molecule has 0 saturated carbocycles. The topological polar surface area (TPSA) is 96.3 Å². The van der Waals surface area contributed by atoms with Crippen molar-refractivity contribution in [1.29, 1.82) is 0 Å². The predicted octanol–water partition coefficient (Wildman–Crippen LogP) is 6.82. The Labute approximate surface area is 203 Å². The third kappa shape index (κ3) is 8.11. The molecule has 2 amide bonds. The number of halogens is 2. The Kier molecular flexibility index (Phi) is 10.2. The van der Waals surface area contributed by atoms with Crippen molar-refractivity contribution < 1.29 is 14.7 Å². The van der Waals surface area contributed by atoms with Gasteiger partial charge in [0.15, 0.2) is 0 Å². The summed E-state index contributed by atoms with van der Waals surface area (Å²) in [5.74, 6) is -0.240. The highest BCUT2D eigenvalue weighted by Gasteiger charge is 2.14. The molecule has 1 aromatic heterocycles. The number of nitrogens with zero attached hydrogens (tertiary/aromatic N) is 2. The van der Waals surface area contributed by atoms with Gasteiger partial charge in [-0.15, -0.1) is 0 Å². The van der Waals surface area contributed by atoms with E-state index in [0.29, 0.717) is 21.6 Å². The fourth-order valence-corrected chi connectivity index (χ4v) is 3.29. The number of carboxylic acids is 1. The van der Waals surface area contributed by atoms with Gasteiger partial charge in [-0.2, -0.15) is 5.10 Å². The number of aromatic nitrogens is 2. The van der Waals surface area contributed by atoms with E-state index >= 15 is 0 Å². The van der Waals surface area contributed by atoms with Crippen molar-refractivity contribution >= 4 is 46.7 Å². The van der Waals surface area contributed by atoms with Gasteiger partial charge in [-0.1, -0.05) is 61.7 Å². The second-order valence-corrected chi connectivity index (χ2v) is 8.04. The van der Waals surface area contributed by atoms with Gasteiger partial charge in [-0.3, -0.25) is 10.1 Å². The van der Waals surface area contributed by atoms with Crippen molar-refractivity contribution in [3.05, 3.63) is 69.8 Å². The van der Waals surface area contributed by atoms with Crippen LogP contribution >= 0.6 is 23.2 Å². The van der Waals surface area contributed by atoms with Crippen LogP contribution in [0.2, 0.25) is 10.0 Å². The van der Waals surface area contributed by atoms with Crippen LogP contribution in [0.4, 0.5) is 16.3 Å². The lowest BCUT2D eigenvalue weighted by Crippen LogP contribution is -2.21. The summed E-state index contributed by atoms with van der Waals surface area (Å²) in [7, 11) is 0.